The lowest BCUT2D eigenvalue weighted by Crippen LogP contribution is -2.43. The van der Waals surface area contributed by atoms with E-state index in [2.05, 4.69) is 16.7 Å². The minimum atomic E-state index is -0.729. The molecular formula is C25H37N3O3S. The van der Waals surface area contributed by atoms with Crippen LogP contribution in [0.3, 0.4) is 0 Å². The molecule has 7 heteroatoms. The summed E-state index contributed by atoms with van der Waals surface area (Å²) in [5.74, 6) is 1.41. The summed E-state index contributed by atoms with van der Waals surface area (Å²) in [7, 11) is 0. The fraction of sp³-hybridized carbons (Fsp3) is 0.720. The van der Waals surface area contributed by atoms with Crippen molar-refractivity contribution in [3.63, 3.8) is 0 Å². The van der Waals surface area contributed by atoms with Crippen molar-refractivity contribution >= 4 is 29.5 Å². The van der Waals surface area contributed by atoms with Gasteiger partial charge in [0.1, 0.15) is 10.8 Å². The number of anilines is 1. The molecule has 0 spiro atoms. The Morgan fingerprint density at radius 3 is 2.53 bits per heavy atom. The van der Waals surface area contributed by atoms with E-state index < -0.39 is 5.97 Å². The van der Waals surface area contributed by atoms with Gasteiger partial charge in [0.2, 0.25) is 0 Å². The summed E-state index contributed by atoms with van der Waals surface area (Å²) in [6.45, 7) is 3.77. The van der Waals surface area contributed by atoms with E-state index in [1.807, 2.05) is 12.1 Å². The van der Waals surface area contributed by atoms with Gasteiger partial charge in [-0.1, -0.05) is 26.2 Å². The smallest absolute Gasteiger partial charge is 0.303 e. The maximum atomic E-state index is 13.8. The van der Waals surface area contributed by atoms with E-state index in [9.17, 15) is 14.7 Å². The third-order valence-corrected chi connectivity index (χ3v) is 8.17. The summed E-state index contributed by atoms with van der Waals surface area (Å²) in [4.78, 5) is 34.3. The predicted octanol–water partition coefficient (Wildman–Crippen LogP) is 5.21. The number of thioether (sulfide) groups is 1. The predicted molar refractivity (Wildman–Crippen MR) is 129 cm³/mol. The van der Waals surface area contributed by atoms with Crippen LogP contribution < -0.4 is 4.90 Å². The first-order valence-corrected chi connectivity index (χ1v) is 13.5. The Hall–Kier alpha value is -1.76. The summed E-state index contributed by atoms with van der Waals surface area (Å²) in [5, 5.41) is 10.0. The summed E-state index contributed by atoms with van der Waals surface area (Å²) < 4.78 is 0. The molecule has 2 saturated carbocycles. The van der Waals surface area contributed by atoms with Crippen molar-refractivity contribution in [2.75, 3.05) is 23.7 Å². The highest BCUT2D eigenvalue weighted by Gasteiger charge is 2.39. The number of carbonyl (C=O) groups excluding carboxylic acids is 1. The maximum Gasteiger partial charge on any atom is 0.303 e. The largest absolute Gasteiger partial charge is 0.481 e. The van der Waals surface area contributed by atoms with Crippen LogP contribution in [0.2, 0.25) is 0 Å². The van der Waals surface area contributed by atoms with E-state index in [1.54, 1.807) is 11.8 Å². The molecule has 0 unspecified atom stereocenters. The zero-order chi connectivity index (χ0) is 22.5. The van der Waals surface area contributed by atoms with Gasteiger partial charge >= 0.3 is 5.97 Å². The van der Waals surface area contributed by atoms with Crippen LogP contribution in [0.15, 0.2) is 17.2 Å². The van der Waals surface area contributed by atoms with E-state index in [0.29, 0.717) is 12.1 Å². The Balaban J connectivity index is 1.56. The van der Waals surface area contributed by atoms with Crippen molar-refractivity contribution in [3.8, 4) is 0 Å². The highest BCUT2D eigenvalue weighted by molar-refractivity contribution is 7.99. The second-order valence-electron chi connectivity index (χ2n) is 9.66. The third kappa shape index (κ3) is 5.77. The molecular weight excluding hydrogens is 422 g/mol. The van der Waals surface area contributed by atoms with Gasteiger partial charge in [0.15, 0.2) is 0 Å². The fourth-order valence-electron chi connectivity index (χ4n) is 5.25. The number of aliphatic carboxylic acids is 1. The van der Waals surface area contributed by atoms with Gasteiger partial charge < -0.3 is 14.9 Å². The topological polar surface area (TPSA) is 73.7 Å². The number of carboxylic acids is 1. The Bertz CT molecular complexity index is 808. The maximum absolute atomic E-state index is 13.8. The van der Waals surface area contributed by atoms with Crippen molar-refractivity contribution in [3.05, 3.63) is 17.7 Å². The number of pyridine rings is 1. The molecule has 0 radical (unpaired) electrons. The number of aromatic nitrogens is 1. The van der Waals surface area contributed by atoms with Crippen molar-refractivity contribution in [1.82, 2.24) is 9.88 Å². The molecule has 3 aliphatic rings. The van der Waals surface area contributed by atoms with Crippen LogP contribution in [-0.2, 0) is 4.79 Å². The second kappa shape index (κ2) is 10.9. The Morgan fingerprint density at radius 1 is 1.09 bits per heavy atom. The van der Waals surface area contributed by atoms with Crippen LogP contribution in [0.25, 0.3) is 0 Å². The van der Waals surface area contributed by atoms with Crippen molar-refractivity contribution in [1.29, 1.82) is 0 Å². The molecule has 1 aliphatic heterocycles. The molecule has 1 aromatic rings. The van der Waals surface area contributed by atoms with Crippen LogP contribution >= 0.6 is 11.8 Å². The zero-order valence-corrected chi connectivity index (χ0v) is 20.1. The second-order valence-corrected chi connectivity index (χ2v) is 10.7. The number of hydrogen-bond acceptors (Lipinski definition) is 5. The normalized spacial score (nSPS) is 22.0. The summed E-state index contributed by atoms with van der Waals surface area (Å²) in [6.07, 6.45) is 11.4. The third-order valence-electron chi connectivity index (χ3n) is 6.97. The average Bonchev–Trinajstić information content (AvgIpc) is 3.63. The minimum Gasteiger partial charge on any atom is -0.481 e. The monoisotopic (exact) mass is 459 g/mol. The molecule has 1 N–H and O–H groups in total. The van der Waals surface area contributed by atoms with Crippen molar-refractivity contribution in [2.45, 2.75) is 94.7 Å². The highest BCUT2D eigenvalue weighted by Crippen LogP contribution is 2.37. The van der Waals surface area contributed by atoms with Crippen LogP contribution in [0.1, 0.15) is 87.9 Å². The van der Waals surface area contributed by atoms with E-state index in [-0.39, 0.29) is 18.2 Å². The number of piperidine rings is 1. The molecule has 6 nitrogen and oxygen atoms in total. The van der Waals surface area contributed by atoms with Gasteiger partial charge in [0, 0.05) is 31.6 Å². The van der Waals surface area contributed by atoms with E-state index >= 15 is 0 Å². The first-order chi connectivity index (χ1) is 15.6. The number of hydrogen-bond donors (Lipinski definition) is 1. The van der Waals surface area contributed by atoms with Crippen molar-refractivity contribution in [2.24, 2.45) is 5.92 Å². The summed E-state index contributed by atoms with van der Waals surface area (Å²) >= 11 is 1.68. The zero-order valence-electron chi connectivity index (χ0n) is 19.3. The van der Waals surface area contributed by atoms with Gasteiger partial charge in [-0.3, -0.25) is 9.59 Å². The Kier molecular flexibility index (Phi) is 7.98. The number of rotatable bonds is 9. The lowest BCUT2D eigenvalue weighted by Gasteiger charge is -2.35. The molecule has 1 aromatic heterocycles. The molecule has 2 aliphatic carbocycles. The van der Waals surface area contributed by atoms with Gasteiger partial charge in [-0.05, 0) is 68.7 Å². The van der Waals surface area contributed by atoms with E-state index in [4.69, 9.17) is 4.98 Å². The standard InChI is InChI=1S/C25H37N3O3S/c1-2-15-32-24-21(25(31)28(20-10-11-20)19-8-4-3-5-9-19)12-13-22(26-24)27-14-6-7-18(17-27)16-23(29)30/h12-13,18-20H,2-11,14-17H2,1H3,(H,29,30)/t18-/m0/s1. The lowest BCUT2D eigenvalue weighted by molar-refractivity contribution is -0.138. The number of amides is 1. The fourth-order valence-corrected chi connectivity index (χ4v) is 6.11. The van der Waals surface area contributed by atoms with Crippen LogP contribution in [0, 0.1) is 5.92 Å². The summed E-state index contributed by atoms with van der Waals surface area (Å²) in [5.41, 5.74) is 0.753. The van der Waals surface area contributed by atoms with E-state index in [1.165, 1.54) is 19.3 Å². The van der Waals surface area contributed by atoms with Gasteiger partial charge in [-0.15, -0.1) is 11.8 Å². The molecule has 3 fully saturated rings. The van der Waals surface area contributed by atoms with Crippen LogP contribution in [0.5, 0.6) is 0 Å². The van der Waals surface area contributed by atoms with Gasteiger partial charge in [0.05, 0.1) is 5.56 Å². The SMILES string of the molecule is CCCSc1nc(N2CCC[C@@H](CC(=O)O)C2)ccc1C(=O)N(C1CCCCC1)C1CC1. The summed E-state index contributed by atoms with van der Waals surface area (Å²) in [6, 6.07) is 4.76. The molecule has 2 heterocycles. The number of carbonyl (C=O) groups is 2. The Labute approximate surface area is 196 Å². The molecule has 1 atom stereocenters. The van der Waals surface area contributed by atoms with Crippen LogP contribution in [0.4, 0.5) is 5.82 Å². The van der Waals surface area contributed by atoms with E-state index in [0.717, 1.165) is 80.2 Å². The first kappa shape index (κ1) is 23.4. The lowest BCUT2D eigenvalue weighted by atomic mass is 9.93. The first-order valence-electron chi connectivity index (χ1n) is 12.5. The van der Waals surface area contributed by atoms with Crippen LogP contribution in [-0.4, -0.2) is 57.8 Å². The van der Waals surface area contributed by atoms with Gasteiger partial charge in [0.25, 0.3) is 5.91 Å². The van der Waals surface area contributed by atoms with Gasteiger partial charge in [-0.2, -0.15) is 0 Å². The molecule has 1 saturated heterocycles. The number of carboxylic acid groups (broad SMARTS) is 1. The molecule has 4 rings (SSSR count). The van der Waals surface area contributed by atoms with Gasteiger partial charge in [-0.25, -0.2) is 4.98 Å². The molecule has 176 valence electrons. The molecule has 32 heavy (non-hydrogen) atoms. The molecule has 1 amide bonds. The Morgan fingerprint density at radius 2 is 1.84 bits per heavy atom. The quantitative estimate of drug-likeness (QED) is 0.511. The highest BCUT2D eigenvalue weighted by atomic mass is 32.2. The molecule has 0 aromatic carbocycles. The van der Waals surface area contributed by atoms with Crippen molar-refractivity contribution < 1.29 is 14.7 Å². The number of nitrogens with zero attached hydrogens (tertiary/aromatic N) is 3. The molecule has 0 bridgehead atoms. The average molecular weight is 460 g/mol. The minimum absolute atomic E-state index is 0.160.